The van der Waals surface area contributed by atoms with Crippen molar-refractivity contribution in [2.24, 2.45) is 0 Å². The number of nitro benzene ring substituents is 1. The van der Waals surface area contributed by atoms with E-state index >= 15 is 0 Å². The fraction of sp³-hybridized carbons (Fsp3) is 0.143. The molecule has 1 saturated heterocycles. The zero-order valence-electron chi connectivity index (χ0n) is 15.3. The first-order valence-corrected chi connectivity index (χ1v) is 10.5. The minimum Gasteiger partial charge on any atom is -0.271 e. The second-order valence-corrected chi connectivity index (χ2v) is 8.81. The van der Waals surface area contributed by atoms with Crippen molar-refractivity contribution in [2.45, 2.75) is 16.2 Å². The van der Waals surface area contributed by atoms with Crippen molar-refractivity contribution >= 4 is 21.2 Å². The van der Waals surface area contributed by atoms with Gasteiger partial charge < -0.3 is 0 Å². The van der Waals surface area contributed by atoms with Crippen molar-refractivity contribution in [3.63, 3.8) is 0 Å². The van der Waals surface area contributed by atoms with Gasteiger partial charge in [0.1, 0.15) is 11.3 Å². The molecule has 0 unspecified atom stereocenters. The van der Waals surface area contributed by atoms with Crippen molar-refractivity contribution in [3.8, 4) is 0 Å². The van der Waals surface area contributed by atoms with Gasteiger partial charge in [0.2, 0.25) is 0 Å². The van der Waals surface area contributed by atoms with Gasteiger partial charge in [-0.25, -0.2) is 13.5 Å². The van der Waals surface area contributed by atoms with Crippen LogP contribution in [0.3, 0.4) is 0 Å². The zero-order valence-corrected chi connectivity index (χ0v) is 16.1. The first-order valence-electron chi connectivity index (χ1n) is 8.99. The molecule has 3 aromatic carbocycles. The van der Waals surface area contributed by atoms with Gasteiger partial charge >= 0.3 is 0 Å². The molecular formula is C21H18N2O5S. The number of nitro groups is 1. The highest BCUT2D eigenvalue weighted by molar-refractivity contribution is 7.92. The van der Waals surface area contributed by atoms with Crippen LogP contribution in [0.5, 0.6) is 0 Å². The van der Waals surface area contributed by atoms with Gasteiger partial charge in [-0.1, -0.05) is 36.4 Å². The van der Waals surface area contributed by atoms with Crippen LogP contribution in [0.2, 0.25) is 0 Å². The van der Waals surface area contributed by atoms with E-state index in [4.69, 9.17) is 4.84 Å². The van der Waals surface area contributed by atoms with E-state index in [9.17, 15) is 18.5 Å². The van der Waals surface area contributed by atoms with Crippen LogP contribution in [-0.4, -0.2) is 25.2 Å². The third-order valence-electron chi connectivity index (χ3n) is 4.91. The van der Waals surface area contributed by atoms with Gasteiger partial charge in [0.25, 0.3) is 5.69 Å². The van der Waals surface area contributed by atoms with Gasteiger partial charge in [-0.05, 0) is 42.0 Å². The first kappa shape index (κ1) is 19.1. The molecule has 1 aliphatic heterocycles. The molecule has 148 valence electrons. The lowest BCUT2D eigenvalue weighted by molar-refractivity contribution is -0.384. The Morgan fingerprint density at radius 2 is 1.48 bits per heavy atom. The van der Waals surface area contributed by atoms with Crippen molar-refractivity contribution in [3.05, 3.63) is 101 Å². The molecule has 0 spiro atoms. The molecule has 8 heteroatoms. The molecule has 0 aromatic heterocycles. The molecule has 1 fully saturated rings. The Kier molecular flexibility index (Phi) is 5.04. The summed E-state index contributed by atoms with van der Waals surface area (Å²) in [5.74, 6) is 0. The predicted octanol–water partition coefficient (Wildman–Crippen LogP) is 3.93. The molecule has 0 bridgehead atoms. The molecule has 4 rings (SSSR count). The average Bonchev–Trinajstić information content (AvgIpc) is 3.21. The summed E-state index contributed by atoms with van der Waals surface area (Å²) in [4.78, 5) is 16.6. The van der Waals surface area contributed by atoms with E-state index in [0.717, 1.165) is 0 Å². The van der Waals surface area contributed by atoms with E-state index in [1.165, 1.54) is 12.1 Å². The van der Waals surface area contributed by atoms with Crippen LogP contribution >= 0.6 is 0 Å². The monoisotopic (exact) mass is 410 g/mol. The van der Waals surface area contributed by atoms with Gasteiger partial charge in [-0.2, -0.15) is 0 Å². The number of non-ortho nitro benzene ring substituents is 1. The van der Waals surface area contributed by atoms with Crippen molar-refractivity contribution in [1.82, 2.24) is 0 Å². The van der Waals surface area contributed by atoms with Crippen LogP contribution in [0.1, 0.15) is 11.6 Å². The fourth-order valence-corrected chi connectivity index (χ4v) is 5.21. The van der Waals surface area contributed by atoms with E-state index in [0.29, 0.717) is 11.3 Å². The lowest BCUT2D eigenvalue weighted by Crippen LogP contribution is -2.32. The summed E-state index contributed by atoms with van der Waals surface area (Å²) < 4.78 is 26.7. The standard InChI is InChI=1S/C21H18N2O5S/c24-23(25)18-13-11-16(12-14-18)21-20(29(26,27)19-9-5-2-6-10-19)15-28-22(21)17-7-3-1-4-8-17/h1-14,20-21H,15H2/t20-,21+/m0/s1. The lowest BCUT2D eigenvalue weighted by atomic mass is 10.0. The summed E-state index contributed by atoms with van der Waals surface area (Å²) in [6.45, 7) is -0.0201. The molecule has 2 atom stereocenters. The van der Waals surface area contributed by atoms with Crippen molar-refractivity contribution < 1.29 is 18.2 Å². The number of sulfone groups is 1. The molecule has 3 aromatic rings. The third kappa shape index (κ3) is 3.59. The lowest BCUT2D eigenvalue weighted by Gasteiger charge is -2.27. The molecular weight excluding hydrogens is 392 g/mol. The Bertz CT molecular complexity index is 1100. The summed E-state index contributed by atoms with van der Waals surface area (Å²) in [6, 6.07) is 22.7. The highest BCUT2D eigenvalue weighted by atomic mass is 32.2. The van der Waals surface area contributed by atoms with Crippen molar-refractivity contribution in [2.75, 3.05) is 11.7 Å². The number of para-hydroxylation sites is 1. The average molecular weight is 410 g/mol. The van der Waals surface area contributed by atoms with Crippen LogP contribution in [0.15, 0.2) is 89.8 Å². The third-order valence-corrected chi connectivity index (χ3v) is 7.03. The predicted molar refractivity (Wildman–Crippen MR) is 108 cm³/mol. The second-order valence-electron chi connectivity index (χ2n) is 6.65. The summed E-state index contributed by atoms with van der Waals surface area (Å²) in [7, 11) is -3.70. The topological polar surface area (TPSA) is 89.8 Å². The smallest absolute Gasteiger partial charge is 0.269 e. The molecule has 7 nitrogen and oxygen atoms in total. The maximum Gasteiger partial charge on any atom is 0.269 e. The number of anilines is 1. The first-order chi connectivity index (χ1) is 14.0. The molecule has 1 aliphatic rings. The van der Waals surface area contributed by atoms with Crippen LogP contribution in [0.4, 0.5) is 11.4 Å². The summed E-state index contributed by atoms with van der Waals surface area (Å²) in [5, 5.41) is 11.7. The number of rotatable bonds is 5. The molecule has 0 amide bonds. The van der Waals surface area contributed by atoms with E-state index in [-0.39, 0.29) is 17.2 Å². The Hall–Kier alpha value is -3.23. The minimum atomic E-state index is -3.70. The SMILES string of the molecule is O=[N+]([O-])c1ccc([C@@H]2[C@@H](S(=O)(=O)c3ccccc3)CON2c2ccccc2)cc1. The largest absolute Gasteiger partial charge is 0.271 e. The molecule has 1 heterocycles. The maximum absolute atomic E-state index is 13.4. The Balaban J connectivity index is 1.79. The van der Waals surface area contributed by atoms with E-state index < -0.39 is 26.1 Å². The van der Waals surface area contributed by atoms with Crippen LogP contribution in [0, 0.1) is 10.1 Å². The van der Waals surface area contributed by atoms with Crippen LogP contribution < -0.4 is 5.06 Å². The number of hydrogen-bond acceptors (Lipinski definition) is 6. The quantitative estimate of drug-likeness (QED) is 0.468. The highest BCUT2D eigenvalue weighted by Gasteiger charge is 2.45. The van der Waals surface area contributed by atoms with Crippen LogP contribution in [0.25, 0.3) is 0 Å². The minimum absolute atomic E-state index is 0.0201. The second kappa shape index (κ2) is 7.65. The zero-order chi connectivity index (χ0) is 20.4. The Morgan fingerprint density at radius 3 is 2.07 bits per heavy atom. The number of hydrogen-bond donors (Lipinski definition) is 0. The number of nitrogens with zero attached hydrogens (tertiary/aromatic N) is 2. The van der Waals surface area contributed by atoms with E-state index in [1.54, 1.807) is 47.5 Å². The van der Waals surface area contributed by atoms with Crippen molar-refractivity contribution in [1.29, 1.82) is 0 Å². The fourth-order valence-electron chi connectivity index (χ4n) is 3.47. The van der Waals surface area contributed by atoms with Gasteiger partial charge in [0.05, 0.1) is 22.1 Å². The van der Waals surface area contributed by atoms with Gasteiger partial charge in [0.15, 0.2) is 9.84 Å². The normalized spacial score (nSPS) is 19.2. The highest BCUT2D eigenvalue weighted by Crippen LogP contribution is 2.40. The molecule has 0 radical (unpaired) electrons. The summed E-state index contributed by atoms with van der Waals surface area (Å²) >= 11 is 0. The van der Waals surface area contributed by atoms with E-state index in [1.807, 2.05) is 30.3 Å². The van der Waals surface area contributed by atoms with Gasteiger partial charge in [-0.3, -0.25) is 15.0 Å². The van der Waals surface area contributed by atoms with Gasteiger partial charge in [0, 0.05) is 12.1 Å². The van der Waals surface area contributed by atoms with Crippen LogP contribution in [-0.2, 0) is 14.7 Å². The molecule has 0 N–H and O–H groups in total. The molecule has 0 saturated carbocycles. The number of hydroxylamine groups is 1. The summed E-state index contributed by atoms with van der Waals surface area (Å²) in [6.07, 6.45) is 0. The molecule has 0 aliphatic carbocycles. The maximum atomic E-state index is 13.4. The number of benzene rings is 3. The van der Waals surface area contributed by atoms with E-state index in [2.05, 4.69) is 0 Å². The summed E-state index contributed by atoms with van der Waals surface area (Å²) in [5.41, 5.74) is 1.28. The Labute approximate surface area is 168 Å². The Morgan fingerprint density at radius 1 is 0.897 bits per heavy atom. The van der Waals surface area contributed by atoms with Gasteiger partial charge in [-0.15, -0.1) is 0 Å². The molecule has 29 heavy (non-hydrogen) atoms.